The number of hydrogen-bond donors (Lipinski definition) is 2. The number of nitrogens with zero attached hydrogens (tertiary/aromatic N) is 4. The highest BCUT2D eigenvalue weighted by Crippen LogP contribution is 2.14. The largest absolute Gasteiger partial charge is 0.379 e. The molecule has 30 heavy (non-hydrogen) atoms. The second-order valence-corrected chi connectivity index (χ2v) is 7.52. The first-order chi connectivity index (χ1) is 14.7. The van der Waals surface area contributed by atoms with Crippen LogP contribution in [0.5, 0.6) is 0 Å². The Labute approximate surface area is 182 Å². The molecule has 1 fully saturated rings. The summed E-state index contributed by atoms with van der Waals surface area (Å²) in [5.74, 6) is 1.85. The number of hydrogen-bond acceptors (Lipinski definition) is 6. The van der Waals surface area contributed by atoms with Gasteiger partial charge in [0.15, 0.2) is 5.96 Å². The van der Waals surface area contributed by atoms with Crippen LogP contribution in [0.25, 0.3) is 0 Å². The fourth-order valence-corrected chi connectivity index (χ4v) is 3.05. The van der Waals surface area contributed by atoms with Gasteiger partial charge >= 0.3 is 0 Å². The summed E-state index contributed by atoms with van der Waals surface area (Å²) in [5.41, 5.74) is 1.10. The second-order valence-electron chi connectivity index (χ2n) is 7.52. The minimum absolute atomic E-state index is 0.595. The van der Waals surface area contributed by atoms with Gasteiger partial charge in [-0.25, -0.2) is 9.98 Å². The van der Waals surface area contributed by atoms with E-state index in [0.717, 1.165) is 69.5 Å². The van der Waals surface area contributed by atoms with Crippen molar-refractivity contribution in [2.75, 3.05) is 77.6 Å². The summed E-state index contributed by atoms with van der Waals surface area (Å²) in [6.45, 7) is 13.3. The summed E-state index contributed by atoms with van der Waals surface area (Å²) in [5, 5.41) is 6.58. The van der Waals surface area contributed by atoms with Crippen molar-refractivity contribution in [3.05, 3.63) is 23.9 Å². The average molecular weight is 421 g/mol. The number of anilines is 1. The lowest BCUT2D eigenvalue weighted by atomic mass is 10.2. The van der Waals surface area contributed by atoms with Crippen LogP contribution in [0, 0.1) is 0 Å². The lowest BCUT2D eigenvalue weighted by molar-refractivity contribution is 0.0487. The lowest BCUT2D eigenvalue weighted by Crippen LogP contribution is -2.44. The normalized spacial score (nSPS) is 15.4. The first-order valence-corrected chi connectivity index (χ1v) is 11.3. The van der Waals surface area contributed by atoms with Crippen LogP contribution in [-0.4, -0.2) is 88.6 Å². The predicted octanol–water partition coefficient (Wildman–Crippen LogP) is 1.72. The third kappa shape index (κ3) is 9.73. The minimum atomic E-state index is 0.595. The van der Waals surface area contributed by atoms with E-state index in [1.54, 1.807) is 0 Å². The van der Waals surface area contributed by atoms with Crippen molar-refractivity contribution in [1.82, 2.24) is 20.5 Å². The van der Waals surface area contributed by atoms with E-state index in [1.165, 1.54) is 0 Å². The van der Waals surface area contributed by atoms with Gasteiger partial charge in [0.2, 0.25) is 0 Å². The van der Waals surface area contributed by atoms with Crippen molar-refractivity contribution in [3.8, 4) is 0 Å². The first-order valence-electron chi connectivity index (χ1n) is 11.3. The molecule has 2 rings (SSSR count). The van der Waals surface area contributed by atoms with Gasteiger partial charge in [0, 0.05) is 52.1 Å². The summed E-state index contributed by atoms with van der Waals surface area (Å²) in [6.07, 6.45) is 4.20. The van der Waals surface area contributed by atoms with Crippen molar-refractivity contribution in [2.45, 2.75) is 33.2 Å². The number of guanidine groups is 1. The van der Waals surface area contributed by atoms with Gasteiger partial charge in [-0.2, -0.15) is 0 Å². The fourth-order valence-electron chi connectivity index (χ4n) is 3.05. The van der Waals surface area contributed by atoms with Crippen LogP contribution in [0.15, 0.2) is 23.3 Å². The molecule has 0 radical (unpaired) electrons. The van der Waals surface area contributed by atoms with E-state index in [1.807, 2.05) is 6.20 Å². The number of ether oxygens (including phenoxy) is 2. The molecule has 1 aromatic heterocycles. The zero-order valence-electron chi connectivity index (χ0n) is 19.0. The summed E-state index contributed by atoms with van der Waals surface area (Å²) in [6, 6.07) is 4.22. The molecule has 1 saturated heterocycles. The Balaban J connectivity index is 1.68. The maximum Gasteiger partial charge on any atom is 0.191 e. The molecule has 1 aliphatic heterocycles. The van der Waals surface area contributed by atoms with Gasteiger partial charge in [-0.05, 0) is 32.0 Å². The molecule has 8 nitrogen and oxygen atoms in total. The molecule has 1 aromatic rings. The van der Waals surface area contributed by atoms with Crippen molar-refractivity contribution in [1.29, 1.82) is 0 Å². The molecule has 0 atom stereocenters. The smallest absolute Gasteiger partial charge is 0.191 e. The number of unbranched alkanes of at least 4 members (excludes halogenated alkanes) is 1. The Bertz CT molecular complexity index is 588. The topological polar surface area (TPSA) is 74.2 Å². The van der Waals surface area contributed by atoms with Crippen LogP contribution in [0.4, 0.5) is 5.82 Å². The minimum Gasteiger partial charge on any atom is -0.379 e. The zero-order valence-corrected chi connectivity index (χ0v) is 19.0. The van der Waals surface area contributed by atoms with Crippen LogP contribution in [0.2, 0.25) is 0 Å². The number of aliphatic imine (C=N–C) groups is 1. The number of rotatable bonds is 13. The third-order valence-corrected chi connectivity index (χ3v) is 4.95. The molecule has 0 bridgehead atoms. The average Bonchev–Trinajstić information content (AvgIpc) is 2.77. The predicted molar refractivity (Wildman–Crippen MR) is 123 cm³/mol. The Kier molecular flexibility index (Phi) is 12.2. The van der Waals surface area contributed by atoms with Crippen molar-refractivity contribution < 1.29 is 9.47 Å². The van der Waals surface area contributed by atoms with Crippen LogP contribution in [0.1, 0.15) is 32.3 Å². The lowest BCUT2D eigenvalue weighted by Gasteiger charge is -2.33. The molecule has 1 aliphatic rings. The maximum absolute atomic E-state index is 5.59. The molecule has 170 valence electrons. The van der Waals surface area contributed by atoms with Gasteiger partial charge in [0.25, 0.3) is 0 Å². The fraction of sp³-hybridized carbons (Fsp3) is 0.727. The first kappa shape index (κ1) is 24.4. The standard InChI is InChI=1S/C22H40N6O2/c1-4-6-14-29-16-17-30-15-9-24-22(23-5-2)26-19-20-7-8-21(25-18-20)28-12-10-27(3)11-13-28/h7-8,18H,4-6,9-17,19H2,1-3H3,(H2,23,24,26). The SMILES string of the molecule is CCCCOCCOCCNC(=NCc1ccc(N2CCN(C)CC2)nc1)NCC. The Morgan fingerprint density at radius 2 is 1.80 bits per heavy atom. The highest BCUT2D eigenvalue weighted by atomic mass is 16.5. The molecule has 0 amide bonds. The monoisotopic (exact) mass is 420 g/mol. The third-order valence-electron chi connectivity index (χ3n) is 4.95. The number of nitrogens with one attached hydrogen (secondary N) is 2. The molecular formula is C22H40N6O2. The van der Waals surface area contributed by atoms with E-state index in [9.17, 15) is 0 Å². The Morgan fingerprint density at radius 1 is 1.03 bits per heavy atom. The van der Waals surface area contributed by atoms with E-state index in [0.29, 0.717) is 32.9 Å². The molecule has 2 heterocycles. The van der Waals surface area contributed by atoms with E-state index in [2.05, 4.69) is 63.4 Å². The Hall–Kier alpha value is -1.90. The van der Waals surface area contributed by atoms with E-state index in [-0.39, 0.29) is 0 Å². The molecule has 0 saturated carbocycles. The summed E-state index contributed by atoms with van der Waals surface area (Å²) < 4.78 is 11.1. The zero-order chi connectivity index (χ0) is 21.4. The van der Waals surface area contributed by atoms with Crippen LogP contribution in [0.3, 0.4) is 0 Å². The van der Waals surface area contributed by atoms with Crippen molar-refractivity contribution in [2.24, 2.45) is 4.99 Å². The molecule has 0 aliphatic carbocycles. The van der Waals surface area contributed by atoms with Crippen LogP contribution in [-0.2, 0) is 16.0 Å². The van der Waals surface area contributed by atoms with Gasteiger partial charge in [0.1, 0.15) is 5.82 Å². The van der Waals surface area contributed by atoms with E-state index < -0.39 is 0 Å². The van der Waals surface area contributed by atoms with Gasteiger partial charge in [-0.15, -0.1) is 0 Å². The Morgan fingerprint density at radius 3 is 2.47 bits per heavy atom. The molecule has 2 N–H and O–H groups in total. The molecular weight excluding hydrogens is 380 g/mol. The van der Waals surface area contributed by atoms with Gasteiger partial charge in [-0.3, -0.25) is 0 Å². The molecule has 0 unspecified atom stereocenters. The number of pyridine rings is 1. The molecule has 0 spiro atoms. The van der Waals surface area contributed by atoms with Crippen molar-refractivity contribution >= 4 is 11.8 Å². The molecule has 0 aromatic carbocycles. The van der Waals surface area contributed by atoms with Gasteiger partial charge in [0.05, 0.1) is 26.4 Å². The molecule has 8 heteroatoms. The number of aromatic nitrogens is 1. The quantitative estimate of drug-likeness (QED) is 0.286. The highest BCUT2D eigenvalue weighted by Gasteiger charge is 2.14. The van der Waals surface area contributed by atoms with E-state index in [4.69, 9.17) is 9.47 Å². The summed E-state index contributed by atoms with van der Waals surface area (Å²) >= 11 is 0. The summed E-state index contributed by atoms with van der Waals surface area (Å²) in [7, 11) is 2.16. The van der Waals surface area contributed by atoms with Gasteiger partial charge in [-0.1, -0.05) is 19.4 Å². The maximum atomic E-state index is 5.59. The van der Waals surface area contributed by atoms with Crippen LogP contribution < -0.4 is 15.5 Å². The van der Waals surface area contributed by atoms with E-state index >= 15 is 0 Å². The van der Waals surface area contributed by atoms with Crippen molar-refractivity contribution in [3.63, 3.8) is 0 Å². The van der Waals surface area contributed by atoms with Crippen LogP contribution >= 0.6 is 0 Å². The number of likely N-dealkylation sites (N-methyl/N-ethyl adjacent to an activating group) is 1. The highest BCUT2D eigenvalue weighted by molar-refractivity contribution is 5.79. The van der Waals surface area contributed by atoms with Gasteiger partial charge < -0.3 is 29.9 Å². The summed E-state index contributed by atoms with van der Waals surface area (Å²) in [4.78, 5) is 14.0. The second kappa shape index (κ2) is 15.0. The number of piperazine rings is 1.